The van der Waals surface area contributed by atoms with Crippen LogP contribution in [0.5, 0.6) is 0 Å². The molecule has 1 saturated heterocycles. The van der Waals surface area contributed by atoms with Crippen molar-refractivity contribution in [3.63, 3.8) is 0 Å². The number of hydrogen-bond acceptors (Lipinski definition) is 3. The van der Waals surface area contributed by atoms with Crippen LogP contribution < -0.4 is 5.73 Å². The van der Waals surface area contributed by atoms with E-state index in [1.807, 2.05) is 11.9 Å². The first-order chi connectivity index (χ1) is 8.67. The van der Waals surface area contributed by atoms with Gasteiger partial charge in [-0.25, -0.2) is 0 Å². The molecule has 0 aromatic carbocycles. The minimum Gasteiger partial charge on any atom is -0.379 e. The summed E-state index contributed by atoms with van der Waals surface area (Å²) in [6.45, 7) is 2.12. The van der Waals surface area contributed by atoms with Crippen LogP contribution in [0.4, 0.5) is 0 Å². The molecule has 1 atom stereocenters. The van der Waals surface area contributed by atoms with Crippen molar-refractivity contribution in [1.29, 1.82) is 0 Å². The Balaban J connectivity index is 0.00000180. The second kappa shape index (κ2) is 7.46. The zero-order valence-corrected chi connectivity index (χ0v) is 12.7. The summed E-state index contributed by atoms with van der Waals surface area (Å²) in [6.07, 6.45) is 7.56. The number of carbonyl (C=O) groups is 1. The van der Waals surface area contributed by atoms with Crippen LogP contribution in [0.3, 0.4) is 0 Å². The summed E-state index contributed by atoms with van der Waals surface area (Å²) in [5, 5.41) is 0. The third-order valence-electron chi connectivity index (χ3n) is 4.72. The van der Waals surface area contributed by atoms with E-state index in [0.29, 0.717) is 19.6 Å². The summed E-state index contributed by atoms with van der Waals surface area (Å²) in [5.74, 6) is 0.248. The number of rotatable bonds is 4. The number of ether oxygens (including phenoxy) is 1. The highest BCUT2D eigenvalue weighted by atomic mass is 35.5. The maximum atomic E-state index is 12.4. The van der Waals surface area contributed by atoms with Crippen LogP contribution in [0.25, 0.3) is 0 Å². The molecule has 1 aliphatic heterocycles. The van der Waals surface area contributed by atoms with Crippen molar-refractivity contribution in [2.24, 2.45) is 11.1 Å². The quantitative estimate of drug-likeness (QED) is 0.861. The molecule has 4 nitrogen and oxygen atoms in total. The molecule has 0 radical (unpaired) electrons. The number of likely N-dealkylation sites (N-methyl/N-ethyl adjacent to an activating group) is 1. The first kappa shape index (κ1) is 16.7. The molecule has 1 amide bonds. The summed E-state index contributed by atoms with van der Waals surface area (Å²) < 4.78 is 5.35. The summed E-state index contributed by atoms with van der Waals surface area (Å²) in [4.78, 5) is 14.3. The number of hydrogen-bond donors (Lipinski definition) is 1. The number of amides is 1. The van der Waals surface area contributed by atoms with Gasteiger partial charge in [-0.05, 0) is 31.2 Å². The van der Waals surface area contributed by atoms with E-state index in [1.165, 1.54) is 19.3 Å². The van der Waals surface area contributed by atoms with Crippen molar-refractivity contribution in [3.05, 3.63) is 0 Å². The van der Waals surface area contributed by atoms with Crippen molar-refractivity contribution < 1.29 is 9.53 Å². The fourth-order valence-corrected chi connectivity index (χ4v) is 3.23. The third-order valence-corrected chi connectivity index (χ3v) is 4.72. The molecule has 2 rings (SSSR count). The molecule has 112 valence electrons. The van der Waals surface area contributed by atoms with Gasteiger partial charge in [0.15, 0.2) is 0 Å². The molecule has 0 aromatic heterocycles. The number of nitrogens with two attached hydrogens (primary N) is 1. The van der Waals surface area contributed by atoms with Crippen molar-refractivity contribution >= 4 is 18.3 Å². The highest BCUT2D eigenvalue weighted by Gasteiger charge is 2.35. The second-order valence-corrected chi connectivity index (χ2v) is 5.96. The fraction of sp³-hybridized carbons (Fsp3) is 0.929. The average Bonchev–Trinajstić information content (AvgIpc) is 2.92. The van der Waals surface area contributed by atoms with Gasteiger partial charge in [0.25, 0.3) is 0 Å². The van der Waals surface area contributed by atoms with Crippen LogP contribution in [0.1, 0.15) is 44.9 Å². The summed E-state index contributed by atoms with van der Waals surface area (Å²) in [5.41, 5.74) is 6.02. The predicted molar refractivity (Wildman–Crippen MR) is 78.4 cm³/mol. The second-order valence-electron chi connectivity index (χ2n) is 5.96. The molecule has 2 N–H and O–H groups in total. The van der Waals surface area contributed by atoms with Gasteiger partial charge in [-0.15, -0.1) is 12.4 Å². The molecule has 5 heteroatoms. The Morgan fingerprint density at radius 3 is 2.58 bits per heavy atom. The van der Waals surface area contributed by atoms with E-state index < -0.39 is 0 Å². The van der Waals surface area contributed by atoms with E-state index in [2.05, 4.69) is 0 Å². The molecule has 1 aliphatic carbocycles. The number of nitrogens with zero attached hydrogens (tertiary/aromatic N) is 1. The Morgan fingerprint density at radius 1 is 1.37 bits per heavy atom. The van der Waals surface area contributed by atoms with Crippen molar-refractivity contribution in [2.75, 3.05) is 26.8 Å². The van der Waals surface area contributed by atoms with Crippen LogP contribution >= 0.6 is 12.4 Å². The zero-order valence-electron chi connectivity index (χ0n) is 11.9. The predicted octanol–water partition coefficient (Wildman–Crippen LogP) is 1.95. The molecule has 2 aliphatic rings. The first-order valence-electron chi connectivity index (χ1n) is 7.20. The monoisotopic (exact) mass is 290 g/mol. The third kappa shape index (κ3) is 4.07. The summed E-state index contributed by atoms with van der Waals surface area (Å²) >= 11 is 0. The van der Waals surface area contributed by atoms with Gasteiger partial charge in [-0.2, -0.15) is 0 Å². The van der Waals surface area contributed by atoms with E-state index in [1.54, 1.807) is 0 Å². The molecular formula is C14H27ClN2O2. The lowest BCUT2D eigenvalue weighted by Crippen LogP contribution is -2.43. The average molecular weight is 291 g/mol. The molecule has 1 heterocycles. The SMILES string of the molecule is CN(C(=O)CC1(CN)CCCCC1)C1CCOC1.Cl. The Morgan fingerprint density at radius 2 is 2.05 bits per heavy atom. The van der Waals surface area contributed by atoms with Crippen LogP contribution in [0.2, 0.25) is 0 Å². The van der Waals surface area contributed by atoms with E-state index >= 15 is 0 Å². The van der Waals surface area contributed by atoms with Gasteiger partial charge >= 0.3 is 0 Å². The molecular weight excluding hydrogens is 264 g/mol. The lowest BCUT2D eigenvalue weighted by atomic mass is 9.71. The molecule has 1 unspecified atom stereocenters. The first-order valence-corrected chi connectivity index (χ1v) is 7.20. The van der Waals surface area contributed by atoms with Gasteiger partial charge in [0.1, 0.15) is 0 Å². The Labute approximate surface area is 122 Å². The topological polar surface area (TPSA) is 55.6 Å². The van der Waals surface area contributed by atoms with Crippen LogP contribution in [-0.4, -0.2) is 43.7 Å². The minimum atomic E-state index is 0. The smallest absolute Gasteiger partial charge is 0.223 e. The number of carbonyl (C=O) groups excluding carboxylic acids is 1. The van der Waals surface area contributed by atoms with Gasteiger partial charge in [0, 0.05) is 20.1 Å². The van der Waals surface area contributed by atoms with Crippen molar-refractivity contribution in [2.45, 2.75) is 51.0 Å². The van der Waals surface area contributed by atoms with Crippen LogP contribution in [-0.2, 0) is 9.53 Å². The molecule has 0 spiro atoms. The normalized spacial score (nSPS) is 25.7. The molecule has 0 aromatic rings. The Kier molecular flexibility index (Phi) is 6.57. The van der Waals surface area contributed by atoms with Gasteiger partial charge in [0.05, 0.1) is 12.6 Å². The van der Waals surface area contributed by atoms with E-state index in [4.69, 9.17) is 10.5 Å². The van der Waals surface area contributed by atoms with E-state index in [9.17, 15) is 4.79 Å². The highest BCUT2D eigenvalue weighted by Crippen LogP contribution is 2.38. The molecule has 2 fully saturated rings. The highest BCUT2D eigenvalue weighted by molar-refractivity contribution is 5.85. The van der Waals surface area contributed by atoms with E-state index in [-0.39, 0.29) is 29.8 Å². The number of halogens is 1. The largest absolute Gasteiger partial charge is 0.379 e. The van der Waals surface area contributed by atoms with Crippen LogP contribution in [0, 0.1) is 5.41 Å². The molecule has 0 bridgehead atoms. The fourth-order valence-electron chi connectivity index (χ4n) is 3.23. The summed E-state index contributed by atoms with van der Waals surface area (Å²) in [6, 6.07) is 0.274. The summed E-state index contributed by atoms with van der Waals surface area (Å²) in [7, 11) is 1.91. The standard InChI is InChI=1S/C14H26N2O2.ClH/c1-16(12-5-8-18-10-12)13(17)9-14(11-15)6-3-2-4-7-14;/h12H,2-11,15H2,1H3;1H. The van der Waals surface area contributed by atoms with Gasteiger partial charge in [0.2, 0.25) is 5.91 Å². The maximum Gasteiger partial charge on any atom is 0.223 e. The molecule has 19 heavy (non-hydrogen) atoms. The molecule has 1 saturated carbocycles. The van der Waals surface area contributed by atoms with Gasteiger partial charge in [-0.1, -0.05) is 19.3 Å². The lowest BCUT2D eigenvalue weighted by Gasteiger charge is -2.37. The minimum absolute atomic E-state index is 0. The van der Waals surface area contributed by atoms with Crippen molar-refractivity contribution in [1.82, 2.24) is 4.90 Å². The Hall–Kier alpha value is -0.320. The van der Waals surface area contributed by atoms with Gasteiger partial charge in [-0.3, -0.25) is 4.79 Å². The van der Waals surface area contributed by atoms with Gasteiger partial charge < -0.3 is 15.4 Å². The lowest BCUT2D eigenvalue weighted by molar-refractivity contribution is -0.135. The van der Waals surface area contributed by atoms with Crippen molar-refractivity contribution in [3.8, 4) is 0 Å². The zero-order chi connectivity index (χ0) is 13.0. The van der Waals surface area contributed by atoms with E-state index in [0.717, 1.165) is 25.9 Å². The Bertz CT molecular complexity index is 287. The van der Waals surface area contributed by atoms with Crippen LogP contribution in [0.15, 0.2) is 0 Å². The maximum absolute atomic E-state index is 12.4.